The number of anilines is 1. The second kappa shape index (κ2) is 4.20. The Kier molecular flexibility index (Phi) is 2.88. The van der Waals surface area contributed by atoms with Crippen LogP contribution in [0.5, 0.6) is 0 Å². The fourth-order valence-corrected chi connectivity index (χ4v) is 1.86. The van der Waals surface area contributed by atoms with Gasteiger partial charge in [0.25, 0.3) is 0 Å². The summed E-state index contributed by atoms with van der Waals surface area (Å²) < 4.78 is 15.2. The molecule has 0 amide bonds. The van der Waals surface area contributed by atoms with Crippen molar-refractivity contribution in [2.45, 2.75) is 26.8 Å². The van der Waals surface area contributed by atoms with Gasteiger partial charge in [-0.15, -0.1) is 0 Å². The summed E-state index contributed by atoms with van der Waals surface area (Å²) in [5.41, 5.74) is 8.23. The fraction of sp³-hybridized carbons (Fsp3) is 0.308. The van der Waals surface area contributed by atoms with Crippen LogP contribution in [0.4, 0.5) is 10.2 Å². The highest BCUT2D eigenvalue weighted by atomic mass is 19.1. The standard InChI is InChI=1S/C13H16FN3/c1-8-4-5-11(7-12(8)14)10(3)17-13(15)6-9(2)16-17/h4-7,10H,15H2,1-3H3. The summed E-state index contributed by atoms with van der Waals surface area (Å²) in [4.78, 5) is 0. The number of aryl methyl sites for hydroxylation is 2. The monoisotopic (exact) mass is 233 g/mol. The van der Waals surface area contributed by atoms with Gasteiger partial charge < -0.3 is 5.73 Å². The third kappa shape index (κ3) is 2.16. The first-order chi connectivity index (χ1) is 7.99. The fourth-order valence-electron chi connectivity index (χ4n) is 1.86. The molecule has 0 aliphatic rings. The molecule has 1 heterocycles. The zero-order chi connectivity index (χ0) is 12.6. The highest BCUT2D eigenvalue weighted by molar-refractivity contribution is 5.34. The molecule has 0 radical (unpaired) electrons. The van der Waals surface area contributed by atoms with Crippen molar-refractivity contribution in [2.75, 3.05) is 5.73 Å². The molecule has 0 bridgehead atoms. The second-order valence-corrected chi connectivity index (χ2v) is 4.34. The van der Waals surface area contributed by atoms with Crippen LogP contribution in [-0.4, -0.2) is 9.78 Å². The first-order valence-corrected chi connectivity index (χ1v) is 5.56. The predicted molar refractivity (Wildman–Crippen MR) is 66.3 cm³/mol. The topological polar surface area (TPSA) is 43.8 Å². The van der Waals surface area contributed by atoms with Crippen LogP contribution in [0.1, 0.15) is 29.8 Å². The number of nitrogen functional groups attached to an aromatic ring is 1. The normalized spacial score (nSPS) is 12.7. The van der Waals surface area contributed by atoms with Gasteiger partial charge in [0.15, 0.2) is 0 Å². The third-order valence-electron chi connectivity index (χ3n) is 2.93. The molecule has 1 atom stereocenters. The number of rotatable bonds is 2. The minimum atomic E-state index is -0.197. The summed E-state index contributed by atoms with van der Waals surface area (Å²) >= 11 is 0. The van der Waals surface area contributed by atoms with Gasteiger partial charge in [0.2, 0.25) is 0 Å². The molecular formula is C13H16FN3. The van der Waals surface area contributed by atoms with E-state index >= 15 is 0 Å². The van der Waals surface area contributed by atoms with Gasteiger partial charge in [-0.3, -0.25) is 0 Å². The van der Waals surface area contributed by atoms with Gasteiger partial charge >= 0.3 is 0 Å². The van der Waals surface area contributed by atoms with E-state index in [-0.39, 0.29) is 11.9 Å². The van der Waals surface area contributed by atoms with Gasteiger partial charge in [-0.05, 0) is 38.0 Å². The van der Waals surface area contributed by atoms with Crippen molar-refractivity contribution in [1.29, 1.82) is 0 Å². The van der Waals surface area contributed by atoms with Crippen LogP contribution in [0.2, 0.25) is 0 Å². The molecule has 17 heavy (non-hydrogen) atoms. The van der Waals surface area contributed by atoms with Crippen LogP contribution >= 0.6 is 0 Å². The van der Waals surface area contributed by atoms with Crippen molar-refractivity contribution in [1.82, 2.24) is 9.78 Å². The van der Waals surface area contributed by atoms with E-state index in [1.165, 1.54) is 6.07 Å². The van der Waals surface area contributed by atoms with Crippen molar-refractivity contribution in [3.8, 4) is 0 Å². The maximum atomic E-state index is 13.5. The quantitative estimate of drug-likeness (QED) is 0.866. The molecule has 0 aliphatic carbocycles. The molecule has 0 saturated carbocycles. The third-order valence-corrected chi connectivity index (χ3v) is 2.93. The number of hydrogen-bond donors (Lipinski definition) is 1. The average molecular weight is 233 g/mol. The van der Waals surface area contributed by atoms with E-state index in [0.29, 0.717) is 11.4 Å². The maximum absolute atomic E-state index is 13.5. The summed E-state index contributed by atoms with van der Waals surface area (Å²) in [5, 5.41) is 4.31. The molecule has 1 unspecified atom stereocenters. The minimum Gasteiger partial charge on any atom is -0.384 e. The molecule has 2 N–H and O–H groups in total. The van der Waals surface area contributed by atoms with Crippen molar-refractivity contribution in [2.24, 2.45) is 0 Å². The number of aromatic nitrogens is 2. The van der Waals surface area contributed by atoms with Gasteiger partial charge in [0.05, 0.1) is 11.7 Å². The van der Waals surface area contributed by atoms with Crippen molar-refractivity contribution in [3.05, 3.63) is 46.9 Å². The highest BCUT2D eigenvalue weighted by Crippen LogP contribution is 2.22. The van der Waals surface area contributed by atoms with Crippen LogP contribution in [0, 0.1) is 19.7 Å². The largest absolute Gasteiger partial charge is 0.384 e. The zero-order valence-electron chi connectivity index (χ0n) is 10.2. The Bertz CT molecular complexity index is 546. The van der Waals surface area contributed by atoms with E-state index in [0.717, 1.165) is 11.3 Å². The number of nitrogens with zero attached hydrogens (tertiary/aromatic N) is 2. The summed E-state index contributed by atoms with van der Waals surface area (Å²) in [7, 11) is 0. The molecule has 1 aromatic carbocycles. The van der Waals surface area contributed by atoms with Crippen LogP contribution in [0.15, 0.2) is 24.3 Å². The van der Waals surface area contributed by atoms with Crippen LogP contribution in [0.3, 0.4) is 0 Å². The maximum Gasteiger partial charge on any atom is 0.126 e. The zero-order valence-corrected chi connectivity index (χ0v) is 10.2. The molecule has 0 fully saturated rings. The van der Waals surface area contributed by atoms with Crippen LogP contribution in [-0.2, 0) is 0 Å². The first-order valence-electron chi connectivity index (χ1n) is 5.56. The van der Waals surface area contributed by atoms with E-state index in [4.69, 9.17) is 5.73 Å². The highest BCUT2D eigenvalue weighted by Gasteiger charge is 2.13. The van der Waals surface area contributed by atoms with E-state index in [9.17, 15) is 4.39 Å². The smallest absolute Gasteiger partial charge is 0.126 e. The van der Waals surface area contributed by atoms with Gasteiger partial charge in [0.1, 0.15) is 11.6 Å². The van der Waals surface area contributed by atoms with Gasteiger partial charge in [-0.25, -0.2) is 9.07 Å². The predicted octanol–water partition coefficient (Wildman–Crippen LogP) is 2.83. The Labute approximate surface area is 100 Å². The molecule has 3 nitrogen and oxygen atoms in total. The molecule has 0 spiro atoms. The molecule has 1 aromatic heterocycles. The van der Waals surface area contributed by atoms with E-state index < -0.39 is 0 Å². The van der Waals surface area contributed by atoms with Crippen LogP contribution < -0.4 is 5.73 Å². The van der Waals surface area contributed by atoms with Crippen molar-refractivity contribution >= 4 is 5.82 Å². The lowest BCUT2D eigenvalue weighted by molar-refractivity contribution is 0.558. The minimum absolute atomic E-state index is 0.0706. The summed E-state index contributed by atoms with van der Waals surface area (Å²) in [6.07, 6.45) is 0. The van der Waals surface area contributed by atoms with E-state index in [2.05, 4.69) is 5.10 Å². The van der Waals surface area contributed by atoms with Crippen molar-refractivity contribution in [3.63, 3.8) is 0 Å². The Morgan fingerprint density at radius 2 is 2.00 bits per heavy atom. The Balaban J connectivity index is 2.40. The molecule has 4 heteroatoms. The molecular weight excluding hydrogens is 217 g/mol. The van der Waals surface area contributed by atoms with E-state index in [1.807, 2.05) is 19.9 Å². The van der Waals surface area contributed by atoms with Crippen molar-refractivity contribution < 1.29 is 4.39 Å². The van der Waals surface area contributed by atoms with Gasteiger partial charge in [-0.2, -0.15) is 5.10 Å². The summed E-state index contributed by atoms with van der Waals surface area (Å²) in [5.74, 6) is 0.396. The molecule has 2 aromatic rings. The first kappa shape index (κ1) is 11.6. The Hall–Kier alpha value is -1.84. The van der Waals surface area contributed by atoms with E-state index in [1.54, 1.807) is 23.7 Å². The number of benzene rings is 1. The SMILES string of the molecule is Cc1cc(N)n(C(C)c2ccc(C)c(F)c2)n1. The molecule has 0 aliphatic heterocycles. The number of hydrogen-bond acceptors (Lipinski definition) is 2. The lowest BCUT2D eigenvalue weighted by Gasteiger charge is -2.15. The summed E-state index contributed by atoms with van der Waals surface area (Å²) in [6.45, 7) is 5.58. The molecule has 90 valence electrons. The number of halogens is 1. The molecule has 0 saturated heterocycles. The summed E-state index contributed by atoms with van der Waals surface area (Å²) in [6, 6.07) is 6.95. The van der Waals surface area contributed by atoms with Gasteiger partial charge in [0, 0.05) is 6.07 Å². The number of nitrogens with two attached hydrogens (primary N) is 1. The molecule has 2 rings (SSSR count). The average Bonchev–Trinajstić information content (AvgIpc) is 2.61. The lowest BCUT2D eigenvalue weighted by atomic mass is 10.1. The second-order valence-electron chi connectivity index (χ2n) is 4.34. The van der Waals surface area contributed by atoms with Gasteiger partial charge in [-0.1, -0.05) is 12.1 Å². The Morgan fingerprint density at radius 1 is 1.29 bits per heavy atom. The lowest BCUT2D eigenvalue weighted by Crippen LogP contribution is -2.11. The Morgan fingerprint density at radius 3 is 2.53 bits per heavy atom. The van der Waals surface area contributed by atoms with Crippen LogP contribution in [0.25, 0.3) is 0 Å².